The van der Waals surface area contributed by atoms with Crippen LogP contribution in [-0.2, 0) is 11.2 Å². The lowest BCUT2D eigenvalue weighted by atomic mass is 9.80. The van der Waals surface area contributed by atoms with Crippen LogP contribution < -0.4 is 0 Å². The summed E-state index contributed by atoms with van der Waals surface area (Å²) in [5.74, 6) is 1.77. The molecule has 1 saturated carbocycles. The molecule has 18 heavy (non-hydrogen) atoms. The van der Waals surface area contributed by atoms with Gasteiger partial charge in [0, 0.05) is 19.2 Å². The van der Waals surface area contributed by atoms with E-state index in [-0.39, 0.29) is 0 Å². The van der Waals surface area contributed by atoms with Crippen LogP contribution in [0.3, 0.4) is 0 Å². The predicted octanol–water partition coefficient (Wildman–Crippen LogP) is 2.62. The highest BCUT2D eigenvalue weighted by atomic mass is 16.5. The van der Waals surface area contributed by atoms with Gasteiger partial charge in [0.25, 0.3) is 0 Å². The standard InChI is InChI=1S/C14H19N3O/c1-3-18-11-5-10(6-11)7-13-16-12-4-9(2)8-15-14(12)17-13/h4,8,10-11H,3,5-7H2,1-2H3,(H,15,16,17). The minimum atomic E-state index is 0.477. The number of pyridine rings is 1. The summed E-state index contributed by atoms with van der Waals surface area (Å²) in [6.45, 7) is 4.93. The van der Waals surface area contributed by atoms with Crippen LogP contribution in [0.1, 0.15) is 31.2 Å². The van der Waals surface area contributed by atoms with Crippen LogP contribution in [0.5, 0.6) is 0 Å². The Balaban J connectivity index is 1.65. The van der Waals surface area contributed by atoms with Gasteiger partial charge in [0.05, 0.1) is 11.6 Å². The van der Waals surface area contributed by atoms with Crippen LogP contribution in [-0.4, -0.2) is 27.7 Å². The summed E-state index contributed by atoms with van der Waals surface area (Å²) in [4.78, 5) is 12.2. The van der Waals surface area contributed by atoms with Gasteiger partial charge in [0.15, 0.2) is 5.65 Å². The number of rotatable bonds is 4. The van der Waals surface area contributed by atoms with Gasteiger partial charge in [0.2, 0.25) is 0 Å². The number of aromatic amines is 1. The molecule has 0 unspecified atom stereocenters. The SMILES string of the molecule is CCOC1CC(Cc2nc3ncc(C)cc3[nH]2)C1. The van der Waals surface area contributed by atoms with Crippen molar-refractivity contribution in [3.63, 3.8) is 0 Å². The largest absolute Gasteiger partial charge is 0.378 e. The molecule has 96 valence electrons. The zero-order valence-corrected chi connectivity index (χ0v) is 10.9. The first-order valence-electron chi connectivity index (χ1n) is 6.67. The molecule has 1 N–H and O–H groups in total. The molecule has 4 nitrogen and oxygen atoms in total. The van der Waals surface area contributed by atoms with Crippen molar-refractivity contribution >= 4 is 11.2 Å². The lowest BCUT2D eigenvalue weighted by molar-refractivity contribution is -0.0244. The number of fused-ring (bicyclic) bond motifs is 1. The fourth-order valence-electron chi connectivity index (χ4n) is 2.64. The topological polar surface area (TPSA) is 50.8 Å². The van der Waals surface area contributed by atoms with Crippen molar-refractivity contribution in [3.05, 3.63) is 23.7 Å². The van der Waals surface area contributed by atoms with Gasteiger partial charge in [-0.15, -0.1) is 0 Å². The summed E-state index contributed by atoms with van der Waals surface area (Å²) in [7, 11) is 0. The Kier molecular flexibility index (Phi) is 3.04. The Bertz CT molecular complexity index is 543. The number of ether oxygens (including phenoxy) is 1. The fourth-order valence-corrected chi connectivity index (χ4v) is 2.64. The molecule has 2 aromatic rings. The fraction of sp³-hybridized carbons (Fsp3) is 0.571. The van der Waals surface area contributed by atoms with Crippen molar-refractivity contribution in [1.29, 1.82) is 0 Å². The van der Waals surface area contributed by atoms with E-state index in [0.29, 0.717) is 12.0 Å². The van der Waals surface area contributed by atoms with Crippen molar-refractivity contribution in [2.75, 3.05) is 6.61 Å². The van der Waals surface area contributed by atoms with Gasteiger partial charge in [-0.05, 0) is 44.2 Å². The molecule has 2 aromatic heterocycles. The number of H-pyrrole nitrogens is 1. The van der Waals surface area contributed by atoms with Gasteiger partial charge in [-0.25, -0.2) is 9.97 Å². The van der Waals surface area contributed by atoms with Gasteiger partial charge in [-0.1, -0.05) is 0 Å². The number of hydrogen-bond acceptors (Lipinski definition) is 3. The average molecular weight is 245 g/mol. The summed E-state index contributed by atoms with van der Waals surface area (Å²) in [5.41, 5.74) is 3.04. The number of aryl methyl sites for hydroxylation is 1. The molecule has 0 radical (unpaired) electrons. The number of nitrogens with one attached hydrogen (secondary N) is 1. The molecule has 0 amide bonds. The van der Waals surface area contributed by atoms with E-state index < -0.39 is 0 Å². The van der Waals surface area contributed by atoms with Crippen LogP contribution in [0.2, 0.25) is 0 Å². The van der Waals surface area contributed by atoms with E-state index in [1.54, 1.807) is 0 Å². The van der Waals surface area contributed by atoms with Gasteiger partial charge in [-0.3, -0.25) is 0 Å². The Morgan fingerprint density at radius 2 is 2.28 bits per heavy atom. The monoisotopic (exact) mass is 245 g/mol. The first kappa shape index (κ1) is 11.7. The van der Waals surface area contributed by atoms with Crippen molar-refractivity contribution in [2.24, 2.45) is 5.92 Å². The summed E-state index contributed by atoms with van der Waals surface area (Å²) < 4.78 is 5.58. The van der Waals surface area contributed by atoms with Crippen LogP contribution >= 0.6 is 0 Å². The van der Waals surface area contributed by atoms with Gasteiger partial charge in [0.1, 0.15) is 5.82 Å². The molecule has 0 saturated heterocycles. The maximum Gasteiger partial charge on any atom is 0.177 e. The Hall–Kier alpha value is -1.42. The van der Waals surface area contributed by atoms with E-state index in [4.69, 9.17) is 4.74 Å². The molecule has 4 heteroatoms. The Morgan fingerprint density at radius 1 is 1.44 bits per heavy atom. The van der Waals surface area contributed by atoms with E-state index in [9.17, 15) is 0 Å². The summed E-state index contributed by atoms with van der Waals surface area (Å²) in [6.07, 6.45) is 5.68. The normalized spacial score (nSPS) is 23.2. The van der Waals surface area contributed by atoms with Gasteiger partial charge < -0.3 is 9.72 Å². The van der Waals surface area contributed by atoms with Crippen LogP contribution in [0.25, 0.3) is 11.2 Å². The smallest absolute Gasteiger partial charge is 0.177 e. The Labute approximate surface area is 107 Å². The third-order valence-corrected chi connectivity index (χ3v) is 3.60. The van der Waals surface area contributed by atoms with Gasteiger partial charge >= 0.3 is 0 Å². The quantitative estimate of drug-likeness (QED) is 0.900. The maximum absolute atomic E-state index is 5.58. The lowest BCUT2D eigenvalue weighted by Crippen LogP contribution is -2.32. The highest BCUT2D eigenvalue weighted by molar-refractivity contribution is 5.70. The molecular weight excluding hydrogens is 226 g/mol. The zero-order valence-electron chi connectivity index (χ0n) is 10.9. The molecule has 2 heterocycles. The molecule has 1 aliphatic rings. The van der Waals surface area contributed by atoms with Crippen LogP contribution in [0.15, 0.2) is 12.3 Å². The van der Waals surface area contributed by atoms with Crippen LogP contribution in [0.4, 0.5) is 0 Å². The van der Waals surface area contributed by atoms with E-state index in [1.165, 1.54) is 0 Å². The molecule has 0 aliphatic heterocycles. The highest BCUT2D eigenvalue weighted by Crippen LogP contribution is 2.32. The highest BCUT2D eigenvalue weighted by Gasteiger charge is 2.30. The lowest BCUT2D eigenvalue weighted by Gasteiger charge is -2.34. The molecule has 0 bridgehead atoms. The minimum absolute atomic E-state index is 0.477. The second-order valence-electron chi connectivity index (χ2n) is 5.19. The number of imidazole rings is 1. The zero-order chi connectivity index (χ0) is 12.5. The van der Waals surface area contributed by atoms with Crippen molar-refractivity contribution < 1.29 is 4.74 Å². The third kappa shape index (κ3) is 2.25. The second kappa shape index (κ2) is 4.69. The number of hydrogen-bond donors (Lipinski definition) is 1. The summed E-state index contributed by atoms with van der Waals surface area (Å²) in [5, 5.41) is 0. The minimum Gasteiger partial charge on any atom is -0.378 e. The molecule has 0 atom stereocenters. The molecule has 3 rings (SSSR count). The molecule has 1 fully saturated rings. The van der Waals surface area contributed by atoms with Crippen molar-refractivity contribution in [2.45, 2.75) is 39.2 Å². The molecular formula is C14H19N3O. The predicted molar refractivity (Wildman–Crippen MR) is 70.5 cm³/mol. The first-order valence-corrected chi connectivity index (χ1v) is 6.67. The Morgan fingerprint density at radius 3 is 3.06 bits per heavy atom. The van der Waals surface area contributed by atoms with E-state index in [2.05, 4.69) is 27.9 Å². The summed E-state index contributed by atoms with van der Waals surface area (Å²) >= 11 is 0. The number of aromatic nitrogens is 3. The average Bonchev–Trinajstić information content (AvgIpc) is 2.68. The third-order valence-electron chi connectivity index (χ3n) is 3.60. The van der Waals surface area contributed by atoms with Crippen molar-refractivity contribution in [3.8, 4) is 0 Å². The van der Waals surface area contributed by atoms with E-state index in [0.717, 1.165) is 48.4 Å². The molecule has 1 aliphatic carbocycles. The molecule has 0 aromatic carbocycles. The van der Waals surface area contributed by atoms with Gasteiger partial charge in [-0.2, -0.15) is 0 Å². The first-order chi connectivity index (χ1) is 8.74. The van der Waals surface area contributed by atoms with E-state index in [1.807, 2.05) is 13.1 Å². The summed E-state index contributed by atoms with van der Waals surface area (Å²) in [6, 6.07) is 2.10. The maximum atomic E-state index is 5.58. The van der Waals surface area contributed by atoms with Crippen molar-refractivity contribution in [1.82, 2.24) is 15.0 Å². The number of nitrogens with zero attached hydrogens (tertiary/aromatic N) is 2. The van der Waals surface area contributed by atoms with E-state index >= 15 is 0 Å². The molecule has 0 spiro atoms. The van der Waals surface area contributed by atoms with Crippen LogP contribution in [0, 0.1) is 12.8 Å². The second-order valence-corrected chi connectivity index (χ2v) is 5.19.